The fourth-order valence-corrected chi connectivity index (χ4v) is 5.23. The highest BCUT2D eigenvalue weighted by atomic mass is 32.2. The van der Waals surface area contributed by atoms with E-state index in [1.165, 1.54) is 17.0 Å². The smallest absolute Gasteiger partial charge is 0.324 e. The van der Waals surface area contributed by atoms with Crippen LogP contribution >= 0.6 is 0 Å². The summed E-state index contributed by atoms with van der Waals surface area (Å²) >= 11 is 0. The lowest BCUT2D eigenvalue weighted by Crippen LogP contribution is -2.43. The molecule has 1 aliphatic rings. The Balaban J connectivity index is 1.68. The Morgan fingerprint density at radius 1 is 1.16 bits per heavy atom. The third-order valence-electron chi connectivity index (χ3n) is 5.26. The van der Waals surface area contributed by atoms with Crippen molar-refractivity contribution in [2.24, 2.45) is 0 Å². The van der Waals surface area contributed by atoms with Crippen molar-refractivity contribution >= 4 is 27.6 Å². The van der Waals surface area contributed by atoms with E-state index in [0.29, 0.717) is 18.5 Å². The third-order valence-corrected chi connectivity index (χ3v) is 7.18. The van der Waals surface area contributed by atoms with Gasteiger partial charge in [0.1, 0.15) is 6.04 Å². The molecule has 0 aromatic heterocycles. The van der Waals surface area contributed by atoms with Crippen LogP contribution in [0.1, 0.15) is 24.8 Å². The van der Waals surface area contributed by atoms with Crippen molar-refractivity contribution in [3.63, 3.8) is 0 Å². The van der Waals surface area contributed by atoms with Gasteiger partial charge in [0.05, 0.1) is 17.4 Å². The molecule has 0 bridgehead atoms. The van der Waals surface area contributed by atoms with Gasteiger partial charge in [-0.2, -0.15) is 9.57 Å². The second-order valence-corrected chi connectivity index (χ2v) is 9.37. The zero-order chi connectivity index (χ0) is 23.1. The fraction of sp³-hybridized carbons (Fsp3) is 0.348. The number of nitriles is 1. The number of carbonyl (C=O) groups is 2. The van der Waals surface area contributed by atoms with Gasteiger partial charge >= 0.3 is 5.97 Å². The molecule has 1 saturated heterocycles. The molecule has 2 aromatic rings. The Morgan fingerprint density at radius 3 is 2.50 bits per heavy atom. The lowest BCUT2D eigenvalue weighted by molar-refractivity contribution is -0.151. The van der Waals surface area contributed by atoms with E-state index in [-0.39, 0.29) is 24.4 Å². The Labute approximate surface area is 188 Å². The molecular weight excluding hydrogens is 430 g/mol. The Morgan fingerprint density at radius 2 is 1.84 bits per heavy atom. The van der Waals surface area contributed by atoms with E-state index in [2.05, 4.69) is 0 Å². The number of aryl methyl sites for hydroxylation is 1. The maximum absolute atomic E-state index is 13.0. The summed E-state index contributed by atoms with van der Waals surface area (Å²) in [5.74, 6) is -1.23. The molecule has 8 nitrogen and oxygen atoms in total. The van der Waals surface area contributed by atoms with E-state index < -0.39 is 34.5 Å². The number of ether oxygens (including phenoxy) is 1. The second kappa shape index (κ2) is 10.4. The maximum atomic E-state index is 13.0. The number of carbonyl (C=O) groups excluding carboxylic acids is 2. The third kappa shape index (κ3) is 5.33. The number of anilines is 1. The number of esters is 1. The maximum Gasteiger partial charge on any atom is 0.324 e. The topological polar surface area (TPSA) is 108 Å². The summed E-state index contributed by atoms with van der Waals surface area (Å²) in [5.41, 5.74) is 1.52. The molecule has 3 rings (SSSR count). The van der Waals surface area contributed by atoms with E-state index >= 15 is 0 Å². The van der Waals surface area contributed by atoms with Crippen molar-refractivity contribution in [1.29, 1.82) is 5.26 Å². The SMILES string of the molecule is Cc1ccc(S(=O)(=O)N2CCC[C@H]2C(=O)OCC(=O)N(CCC#N)c2ccccc2)cc1. The number of hydrogen-bond donors (Lipinski definition) is 0. The molecule has 0 saturated carbocycles. The lowest BCUT2D eigenvalue weighted by Gasteiger charge is -2.24. The molecule has 1 amide bonds. The highest BCUT2D eigenvalue weighted by Crippen LogP contribution is 2.27. The van der Waals surface area contributed by atoms with Crippen molar-refractivity contribution in [3.8, 4) is 6.07 Å². The van der Waals surface area contributed by atoms with Crippen molar-refractivity contribution in [2.75, 3.05) is 24.6 Å². The van der Waals surface area contributed by atoms with Crippen LogP contribution in [-0.2, 0) is 24.3 Å². The van der Waals surface area contributed by atoms with Crippen LogP contribution < -0.4 is 4.90 Å². The van der Waals surface area contributed by atoms with Crippen LogP contribution in [0, 0.1) is 18.3 Å². The molecule has 1 atom stereocenters. The van der Waals surface area contributed by atoms with Crippen molar-refractivity contribution in [3.05, 3.63) is 60.2 Å². The summed E-state index contributed by atoms with van der Waals surface area (Å²) in [7, 11) is -3.86. The number of rotatable bonds is 8. The molecule has 1 fully saturated rings. The van der Waals surface area contributed by atoms with Gasteiger partial charge in [-0.3, -0.25) is 9.59 Å². The quantitative estimate of drug-likeness (QED) is 0.566. The first kappa shape index (κ1) is 23.4. The first-order chi connectivity index (χ1) is 15.3. The van der Waals surface area contributed by atoms with E-state index in [1.807, 2.05) is 13.0 Å². The molecule has 0 aliphatic carbocycles. The summed E-state index contributed by atoms with van der Waals surface area (Å²) in [6.07, 6.45) is 0.978. The molecule has 0 radical (unpaired) electrons. The minimum Gasteiger partial charge on any atom is -0.454 e. The minimum absolute atomic E-state index is 0.116. The fourth-order valence-electron chi connectivity index (χ4n) is 3.58. The van der Waals surface area contributed by atoms with Gasteiger partial charge in [0.15, 0.2) is 6.61 Å². The molecule has 2 aromatic carbocycles. The molecular formula is C23H25N3O5S. The van der Waals surface area contributed by atoms with E-state index in [4.69, 9.17) is 10.00 Å². The van der Waals surface area contributed by atoms with Crippen LogP contribution in [0.2, 0.25) is 0 Å². The molecule has 9 heteroatoms. The van der Waals surface area contributed by atoms with Crippen LogP contribution in [0.25, 0.3) is 0 Å². The predicted molar refractivity (Wildman–Crippen MR) is 118 cm³/mol. The van der Waals surface area contributed by atoms with Gasteiger partial charge in [-0.25, -0.2) is 8.42 Å². The Bertz CT molecular complexity index is 1090. The monoisotopic (exact) mass is 455 g/mol. The van der Waals surface area contributed by atoms with Gasteiger partial charge in [0.2, 0.25) is 10.0 Å². The minimum atomic E-state index is -3.86. The molecule has 0 N–H and O–H groups in total. The highest BCUT2D eigenvalue weighted by molar-refractivity contribution is 7.89. The summed E-state index contributed by atoms with van der Waals surface area (Å²) in [6.45, 7) is 1.70. The van der Waals surface area contributed by atoms with E-state index in [1.54, 1.807) is 42.5 Å². The number of sulfonamides is 1. The number of nitrogens with zero attached hydrogens (tertiary/aromatic N) is 3. The van der Waals surface area contributed by atoms with Gasteiger partial charge < -0.3 is 9.64 Å². The number of benzene rings is 2. The zero-order valence-electron chi connectivity index (χ0n) is 17.8. The van der Waals surface area contributed by atoms with Gasteiger partial charge in [-0.15, -0.1) is 0 Å². The average molecular weight is 456 g/mol. The average Bonchev–Trinajstić information content (AvgIpc) is 3.30. The second-order valence-electron chi connectivity index (χ2n) is 7.48. The Kier molecular flexibility index (Phi) is 7.62. The molecule has 1 heterocycles. The van der Waals surface area contributed by atoms with E-state index in [0.717, 1.165) is 9.87 Å². The van der Waals surface area contributed by atoms with Crippen LogP contribution in [0.5, 0.6) is 0 Å². The van der Waals surface area contributed by atoms with E-state index in [9.17, 15) is 18.0 Å². The summed E-state index contributed by atoms with van der Waals surface area (Å²) in [6, 6.07) is 16.2. The van der Waals surface area contributed by atoms with Crippen LogP contribution in [0.15, 0.2) is 59.5 Å². The molecule has 0 unspecified atom stereocenters. The normalized spacial score (nSPS) is 16.3. The predicted octanol–water partition coefficient (Wildman–Crippen LogP) is 2.64. The van der Waals surface area contributed by atoms with Crippen molar-refractivity contribution in [2.45, 2.75) is 37.1 Å². The first-order valence-corrected chi connectivity index (χ1v) is 11.8. The van der Waals surface area contributed by atoms with Crippen LogP contribution in [0.4, 0.5) is 5.69 Å². The largest absolute Gasteiger partial charge is 0.454 e. The van der Waals surface area contributed by atoms with Crippen molar-refractivity contribution < 1.29 is 22.7 Å². The van der Waals surface area contributed by atoms with Gasteiger partial charge in [-0.1, -0.05) is 35.9 Å². The Hall–Kier alpha value is -3.22. The van der Waals surface area contributed by atoms with Gasteiger partial charge in [0, 0.05) is 18.8 Å². The zero-order valence-corrected chi connectivity index (χ0v) is 18.6. The molecule has 0 spiro atoms. The number of hydrogen-bond acceptors (Lipinski definition) is 6. The number of amides is 1. The first-order valence-electron chi connectivity index (χ1n) is 10.3. The molecule has 168 valence electrons. The van der Waals surface area contributed by atoms with Gasteiger partial charge in [-0.05, 0) is 44.0 Å². The summed E-state index contributed by atoms with van der Waals surface area (Å²) in [4.78, 5) is 26.9. The standard InChI is InChI=1S/C23H25N3O5S/c1-18-10-12-20(13-11-18)32(29,30)26-16-5-9-21(26)23(28)31-17-22(27)25(15-6-14-24)19-7-3-2-4-8-19/h2-4,7-8,10-13,21H,5-6,9,15-17H2,1H3/t21-/m0/s1. The number of para-hydroxylation sites is 1. The lowest BCUT2D eigenvalue weighted by atomic mass is 10.2. The summed E-state index contributed by atoms with van der Waals surface area (Å²) < 4.78 is 32.4. The molecule has 32 heavy (non-hydrogen) atoms. The van der Waals surface area contributed by atoms with Gasteiger partial charge in [0.25, 0.3) is 5.91 Å². The van der Waals surface area contributed by atoms with Crippen molar-refractivity contribution in [1.82, 2.24) is 4.31 Å². The van der Waals surface area contributed by atoms with Crippen LogP contribution in [-0.4, -0.2) is 50.3 Å². The van der Waals surface area contributed by atoms with Crippen LogP contribution in [0.3, 0.4) is 0 Å². The highest BCUT2D eigenvalue weighted by Gasteiger charge is 2.40. The summed E-state index contributed by atoms with van der Waals surface area (Å²) in [5, 5.41) is 8.88. The molecule has 1 aliphatic heterocycles.